The van der Waals surface area contributed by atoms with Crippen LogP contribution < -0.4 is 0 Å². The zero-order valence-electron chi connectivity index (χ0n) is 14.0. The van der Waals surface area contributed by atoms with E-state index in [1.807, 2.05) is 30.3 Å². The molecule has 0 aliphatic rings. The molecule has 0 bridgehead atoms. The highest BCUT2D eigenvalue weighted by molar-refractivity contribution is 7.99. The minimum Gasteiger partial charge on any atom is -0.294 e. The Labute approximate surface area is 158 Å². The van der Waals surface area contributed by atoms with E-state index in [9.17, 15) is 4.79 Å². The maximum Gasteiger partial charge on any atom is 0.164 e. The fourth-order valence-electron chi connectivity index (χ4n) is 2.62. The van der Waals surface area contributed by atoms with Crippen LogP contribution in [0.3, 0.4) is 0 Å². The number of ketones is 1. The van der Waals surface area contributed by atoms with Crippen LogP contribution in [-0.2, 0) is 0 Å². The molecule has 3 heteroatoms. The molecule has 3 aromatic carbocycles. The smallest absolute Gasteiger partial charge is 0.164 e. The van der Waals surface area contributed by atoms with Gasteiger partial charge >= 0.3 is 0 Å². The third-order valence-electron chi connectivity index (χ3n) is 3.99. The van der Waals surface area contributed by atoms with Crippen molar-refractivity contribution in [3.05, 3.63) is 101 Å². The Kier molecular flexibility index (Phi) is 5.95. The Hall–Kier alpha value is -2.03. The van der Waals surface area contributed by atoms with Gasteiger partial charge in [-0.1, -0.05) is 71.8 Å². The van der Waals surface area contributed by atoms with Crippen molar-refractivity contribution in [2.45, 2.75) is 23.5 Å². The normalized spacial score (nSPS) is 11.9. The summed E-state index contributed by atoms with van der Waals surface area (Å²) in [5.74, 6) is 0.108. The predicted molar refractivity (Wildman–Crippen MR) is 107 cm³/mol. The number of hydrogen-bond acceptors (Lipinski definition) is 2. The van der Waals surface area contributed by atoms with E-state index >= 15 is 0 Å². The van der Waals surface area contributed by atoms with Crippen molar-refractivity contribution in [3.63, 3.8) is 0 Å². The fraction of sp³-hybridized carbons (Fsp3) is 0.136. The van der Waals surface area contributed by atoms with Crippen LogP contribution >= 0.6 is 23.4 Å². The zero-order valence-corrected chi connectivity index (χ0v) is 15.6. The number of hydrogen-bond donors (Lipinski definition) is 0. The van der Waals surface area contributed by atoms with Crippen molar-refractivity contribution in [3.8, 4) is 0 Å². The Bertz CT molecular complexity index is 843. The van der Waals surface area contributed by atoms with Crippen LogP contribution in [0.5, 0.6) is 0 Å². The molecule has 3 rings (SSSR count). The Balaban J connectivity index is 1.85. The van der Waals surface area contributed by atoms with E-state index in [-0.39, 0.29) is 11.0 Å². The summed E-state index contributed by atoms with van der Waals surface area (Å²) < 4.78 is 0. The molecule has 0 heterocycles. The molecular formula is C22H19ClOS. The van der Waals surface area contributed by atoms with Gasteiger partial charge in [0.1, 0.15) is 0 Å². The first-order valence-electron chi connectivity index (χ1n) is 8.19. The van der Waals surface area contributed by atoms with Gasteiger partial charge in [-0.25, -0.2) is 0 Å². The van der Waals surface area contributed by atoms with Crippen LogP contribution in [0.2, 0.25) is 5.02 Å². The summed E-state index contributed by atoms with van der Waals surface area (Å²) in [6, 6.07) is 25.8. The lowest BCUT2D eigenvalue weighted by Crippen LogP contribution is -2.05. The van der Waals surface area contributed by atoms with Gasteiger partial charge in [-0.3, -0.25) is 4.79 Å². The van der Waals surface area contributed by atoms with Crippen LogP contribution in [-0.4, -0.2) is 5.78 Å². The molecular weight excluding hydrogens is 348 g/mol. The molecule has 25 heavy (non-hydrogen) atoms. The molecule has 0 aliphatic carbocycles. The second-order valence-electron chi connectivity index (χ2n) is 5.97. The Morgan fingerprint density at radius 2 is 1.68 bits per heavy atom. The van der Waals surface area contributed by atoms with Gasteiger partial charge in [0.15, 0.2) is 5.78 Å². The van der Waals surface area contributed by atoms with Gasteiger partial charge < -0.3 is 0 Å². The van der Waals surface area contributed by atoms with Gasteiger partial charge in [-0.2, -0.15) is 0 Å². The number of halogens is 1. The van der Waals surface area contributed by atoms with Crippen molar-refractivity contribution < 1.29 is 4.79 Å². The molecule has 0 radical (unpaired) electrons. The van der Waals surface area contributed by atoms with E-state index in [1.165, 1.54) is 5.56 Å². The number of benzene rings is 3. The summed E-state index contributed by atoms with van der Waals surface area (Å²) in [7, 11) is 0. The van der Waals surface area contributed by atoms with Gasteiger partial charge in [-0.05, 0) is 36.8 Å². The van der Waals surface area contributed by atoms with Gasteiger partial charge in [0.05, 0.1) is 0 Å². The summed E-state index contributed by atoms with van der Waals surface area (Å²) >= 11 is 7.75. The molecule has 0 amide bonds. The minimum atomic E-state index is 0.0643. The highest BCUT2D eigenvalue weighted by Gasteiger charge is 2.19. The molecule has 126 valence electrons. The van der Waals surface area contributed by atoms with E-state index in [0.717, 1.165) is 10.5 Å². The number of Topliss-reactive ketones (excluding diaryl/α,β-unsaturated/α-hetero) is 1. The summed E-state index contributed by atoms with van der Waals surface area (Å²) in [5, 5.41) is 0.655. The second kappa shape index (κ2) is 8.37. The van der Waals surface area contributed by atoms with E-state index in [1.54, 1.807) is 23.9 Å². The van der Waals surface area contributed by atoms with Gasteiger partial charge in [0.2, 0.25) is 0 Å². The number of rotatable bonds is 6. The molecule has 0 fully saturated rings. The lowest BCUT2D eigenvalue weighted by Gasteiger charge is -2.17. The minimum absolute atomic E-state index is 0.0643. The van der Waals surface area contributed by atoms with E-state index < -0.39 is 0 Å². The third kappa shape index (κ3) is 4.97. The first-order valence-corrected chi connectivity index (χ1v) is 9.44. The molecule has 1 nitrogen and oxygen atoms in total. The fourth-order valence-corrected chi connectivity index (χ4v) is 3.98. The lowest BCUT2D eigenvalue weighted by atomic mass is 10.0. The van der Waals surface area contributed by atoms with Gasteiger partial charge in [0, 0.05) is 27.2 Å². The first kappa shape index (κ1) is 17.8. The second-order valence-corrected chi connectivity index (χ2v) is 7.68. The Morgan fingerprint density at radius 1 is 0.960 bits per heavy atom. The predicted octanol–water partition coefficient (Wildman–Crippen LogP) is 6.75. The third-order valence-corrected chi connectivity index (χ3v) is 5.49. The molecule has 1 atom stereocenters. The molecule has 0 saturated carbocycles. The van der Waals surface area contributed by atoms with Crippen molar-refractivity contribution >= 4 is 29.1 Å². The average molecular weight is 367 g/mol. The van der Waals surface area contributed by atoms with Crippen molar-refractivity contribution in [2.24, 2.45) is 0 Å². The monoisotopic (exact) mass is 366 g/mol. The standard InChI is InChI=1S/C22H19ClOS/c1-16-10-12-17(13-11-16)22(25-20-8-3-2-4-9-20)15-21(24)18-6-5-7-19(23)14-18/h2-14,22H,15H2,1H3. The van der Waals surface area contributed by atoms with Crippen molar-refractivity contribution in [1.82, 2.24) is 0 Å². The largest absolute Gasteiger partial charge is 0.294 e. The zero-order chi connectivity index (χ0) is 17.6. The Morgan fingerprint density at radius 3 is 2.36 bits per heavy atom. The number of carbonyl (C=O) groups excluding carboxylic acids is 1. The molecule has 3 aromatic rings. The summed E-state index contributed by atoms with van der Waals surface area (Å²) in [6.07, 6.45) is 0.433. The first-order chi connectivity index (χ1) is 12.1. The van der Waals surface area contributed by atoms with Crippen molar-refractivity contribution in [1.29, 1.82) is 0 Å². The summed E-state index contributed by atoms with van der Waals surface area (Å²) in [6.45, 7) is 2.07. The number of carbonyl (C=O) groups is 1. The van der Waals surface area contributed by atoms with Crippen LogP contribution in [0, 0.1) is 6.92 Å². The highest BCUT2D eigenvalue weighted by Crippen LogP contribution is 2.38. The van der Waals surface area contributed by atoms with Crippen LogP contribution in [0.1, 0.15) is 33.2 Å². The maximum atomic E-state index is 12.8. The molecule has 0 saturated heterocycles. The number of aryl methyl sites for hydroxylation is 1. The number of thioether (sulfide) groups is 1. The lowest BCUT2D eigenvalue weighted by molar-refractivity contribution is 0.0982. The summed E-state index contributed by atoms with van der Waals surface area (Å²) in [4.78, 5) is 13.9. The molecule has 0 N–H and O–H groups in total. The molecule has 1 unspecified atom stereocenters. The van der Waals surface area contributed by atoms with E-state index in [4.69, 9.17) is 11.6 Å². The molecule has 0 spiro atoms. The van der Waals surface area contributed by atoms with Crippen LogP contribution in [0.4, 0.5) is 0 Å². The van der Waals surface area contributed by atoms with E-state index in [0.29, 0.717) is 17.0 Å². The quantitative estimate of drug-likeness (QED) is 0.354. The van der Waals surface area contributed by atoms with Crippen molar-refractivity contribution in [2.75, 3.05) is 0 Å². The van der Waals surface area contributed by atoms with E-state index in [2.05, 4.69) is 43.3 Å². The van der Waals surface area contributed by atoms with Gasteiger partial charge in [0.25, 0.3) is 0 Å². The maximum absolute atomic E-state index is 12.8. The average Bonchev–Trinajstić information content (AvgIpc) is 2.62. The molecule has 0 aromatic heterocycles. The van der Waals surface area contributed by atoms with Gasteiger partial charge in [-0.15, -0.1) is 11.8 Å². The van der Waals surface area contributed by atoms with Crippen LogP contribution in [0.25, 0.3) is 0 Å². The highest BCUT2D eigenvalue weighted by atomic mass is 35.5. The summed E-state index contributed by atoms with van der Waals surface area (Å²) in [5.41, 5.74) is 3.04. The van der Waals surface area contributed by atoms with Crippen LogP contribution in [0.15, 0.2) is 83.8 Å². The SMILES string of the molecule is Cc1ccc(C(CC(=O)c2cccc(Cl)c2)Sc2ccccc2)cc1. The topological polar surface area (TPSA) is 17.1 Å². The molecule has 0 aliphatic heterocycles.